The van der Waals surface area contributed by atoms with Crippen molar-refractivity contribution in [1.29, 1.82) is 0 Å². The van der Waals surface area contributed by atoms with Gasteiger partial charge in [0.1, 0.15) is 11.4 Å². The molecule has 1 N–H and O–H groups in total. The normalized spacial score (nSPS) is 13.4. The molecule has 0 bridgehead atoms. The smallest absolute Gasteiger partial charge is 0.262 e. The molecule has 3 aromatic rings. The lowest BCUT2D eigenvalue weighted by molar-refractivity contribution is -0.142. The van der Waals surface area contributed by atoms with Gasteiger partial charge in [-0.2, -0.15) is 5.10 Å². The Labute approximate surface area is 199 Å². The fourth-order valence-electron chi connectivity index (χ4n) is 3.10. The summed E-state index contributed by atoms with van der Waals surface area (Å²) in [6.45, 7) is 3.75. The first-order chi connectivity index (χ1) is 15.5. The van der Waals surface area contributed by atoms with Gasteiger partial charge in [-0.1, -0.05) is 41.9 Å². The number of halogens is 1. The number of methoxy groups -OCH3 is 1. The summed E-state index contributed by atoms with van der Waals surface area (Å²) in [5.41, 5.74) is 2.10. The number of nitrogens with zero attached hydrogens (tertiary/aromatic N) is 2. The van der Waals surface area contributed by atoms with Crippen LogP contribution < -0.4 is 9.46 Å². The first-order valence-corrected chi connectivity index (χ1v) is 12.7. The first-order valence-electron chi connectivity index (χ1n) is 10.2. The number of ether oxygens (including phenoxy) is 2. The molecule has 0 saturated heterocycles. The number of aromatic nitrogens is 2. The van der Waals surface area contributed by atoms with E-state index in [9.17, 15) is 9.00 Å². The van der Waals surface area contributed by atoms with E-state index in [2.05, 4.69) is 10.6 Å². The van der Waals surface area contributed by atoms with Crippen LogP contribution in [0.3, 0.4) is 0 Å². The third kappa shape index (κ3) is 6.60. The molecule has 1 unspecified atom stereocenters. The standard InChI is InChI=1S/C24H28ClN3O4S/c1-24(2,23(29)27-33(4,5)30)32-16-19-14-22(17-10-8-11-20(13-17)31-3)28(26-19)15-18-9-6-7-12-21(18)25/h6-14H,4,15-16H2,1-3,5H3,(H,27,29,30). The molecule has 3 rings (SSSR count). The maximum atomic E-state index is 12.4. The Kier molecular flexibility index (Phi) is 7.51. The molecule has 33 heavy (non-hydrogen) atoms. The van der Waals surface area contributed by atoms with Crippen LogP contribution in [0, 0.1) is 0 Å². The fourth-order valence-corrected chi connectivity index (χ4v) is 3.94. The Balaban J connectivity index is 1.90. The summed E-state index contributed by atoms with van der Waals surface area (Å²) in [4.78, 5) is 12.4. The number of benzene rings is 2. The quantitative estimate of drug-likeness (QED) is 0.460. The fraction of sp³-hybridized carbons (Fsp3) is 0.292. The maximum Gasteiger partial charge on any atom is 0.262 e. The zero-order valence-electron chi connectivity index (χ0n) is 19.1. The van der Waals surface area contributed by atoms with E-state index >= 15 is 0 Å². The molecule has 0 fully saturated rings. The molecule has 1 aromatic heterocycles. The van der Waals surface area contributed by atoms with Gasteiger partial charge in [0, 0.05) is 26.5 Å². The lowest BCUT2D eigenvalue weighted by Crippen LogP contribution is -2.46. The molecule has 7 nitrogen and oxygen atoms in total. The monoisotopic (exact) mass is 489 g/mol. The van der Waals surface area contributed by atoms with Gasteiger partial charge in [-0.3, -0.25) is 14.2 Å². The van der Waals surface area contributed by atoms with Crippen LogP contribution in [-0.4, -0.2) is 44.7 Å². The average molecular weight is 490 g/mol. The van der Waals surface area contributed by atoms with Crippen LogP contribution >= 0.6 is 11.6 Å². The van der Waals surface area contributed by atoms with E-state index in [1.165, 1.54) is 6.26 Å². The molecule has 1 heterocycles. The largest absolute Gasteiger partial charge is 0.497 e. The van der Waals surface area contributed by atoms with E-state index in [0.29, 0.717) is 17.3 Å². The highest BCUT2D eigenvalue weighted by atomic mass is 35.5. The van der Waals surface area contributed by atoms with Crippen molar-refractivity contribution < 1.29 is 18.5 Å². The minimum Gasteiger partial charge on any atom is -0.497 e. The first kappa shape index (κ1) is 24.8. The molecular weight excluding hydrogens is 462 g/mol. The second kappa shape index (κ2) is 9.99. The van der Waals surface area contributed by atoms with Crippen LogP contribution in [0.25, 0.3) is 11.3 Å². The lowest BCUT2D eigenvalue weighted by atomic mass is 10.1. The van der Waals surface area contributed by atoms with Crippen LogP contribution in [0.4, 0.5) is 0 Å². The summed E-state index contributed by atoms with van der Waals surface area (Å²) in [5.74, 6) is 3.68. The number of amides is 1. The van der Waals surface area contributed by atoms with Gasteiger partial charge >= 0.3 is 0 Å². The van der Waals surface area contributed by atoms with Gasteiger partial charge < -0.3 is 9.47 Å². The lowest BCUT2D eigenvalue weighted by Gasteiger charge is -2.24. The number of carbonyl (C=O) groups excluding carboxylic acids is 1. The highest BCUT2D eigenvalue weighted by molar-refractivity contribution is 7.98. The predicted octanol–water partition coefficient (Wildman–Crippen LogP) is 3.93. The van der Waals surface area contributed by atoms with E-state index in [1.54, 1.807) is 21.0 Å². The SMILES string of the molecule is C=S(C)(=O)NC(=O)C(C)(C)OCc1cc(-c2cccc(OC)c2)n(Cc2ccccc2Cl)n1. The van der Waals surface area contributed by atoms with Crippen LogP contribution in [0.5, 0.6) is 5.75 Å². The molecule has 0 saturated carbocycles. The van der Waals surface area contributed by atoms with Crippen molar-refractivity contribution >= 4 is 33.1 Å². The molecule has 1 atom stereocenters. The zero-order chi connectivity index (χ0) is 24.2. The molecule has 0 aliphatic carbocycles. The van der Waals surface area contributed by atoms with E-state index in [0.717, 1.165) is 22.6 Å². The second-order valence-corrected chi connectivity index (χ2v) is 10.9. The van der Waals surface area contributed by atoms with Gasteiger partial charge in [0.2, 0.25) is 0 Å². The van der Waals surface area contributed by atoms with Crippen molar-refractivity contribution in [3.63, 3.8) is 0 Å². The molecule has 2 aromatic carbocycles. The van der Waals surface area contributed by atoms with Crippen molar-refractivity contribution in [2.75, 3.05) is 13.4 Å². The van der Waals surface area contributed by atoms with Crippen molar-refractivity contribution in [2.45, 2.75) is 32.6 Å². The Morgan fingerprint density at radius 2 is 1.94 bits per heavy atom. The topological polar surface area (TPSA) is 82.5 Å². The van der Waals surface area contributed by atoms with E-state index in [-0.39, 0.29) is 6.61 Å². The number of rotatable bonds is 9. The third-order valence-corrected chi connectivity index (χ3v) is 5.90. The van der Waals surface area contributed by atoms with Gasteiger partial charge in [0.15, 0.2) is 0 Å². The van der Waals surface area contributed by atoms with Gasteiger partial charge in [0.05, 0.1) is 31.6 Å². The van der Waals surface area contributed by atoms with Crippen molar-refractivity contribution in [3.05, 3.63) is 70.9 Å². The molecule has 176 valence electrons. The van der Waals surface area contributed by atoms with Crippen molar-refractivity contribution in [1.82, 2.24) is 14.5 Å². The molecular formula is C24H28ClN3O4S. The van der Waals surface area contributed by atoms with Crippen LogP contribution in [0.15, 0.2) is 54.6 Å². The number of carbonyl (C=O) groups is 1. The Bertz CT molecular complexity index is 1250. The van der Waals surface area contributed by atoms with Gasteiger partial charge in [0.25, 0.3) is 5.91 Å². The number of nitrogens with one attached hydrogen (secondary N) is 1. The van der Waals surface area contributed by atoms with Gasteiger partial charge in [-0.05, 0) is 49.5 Å². The predicted molar refractivity (Wildman–Crippen MR) is 133 cm³/mol. The van der Waals surface area contributed by atoms with E-state index < -0.39 is 21.2 Å². The van der Waals surface area contributed by atoms with E-state index in [4.69, 9.17) is 26.2 Å². The molecule has 0 radical (unpaired) electrons. The van der Waals surface area contributed by atoms with E-state index in [1.807, 2.05) is 59.3 Å². The highest BCUT2D eigenvalue weighted by Gasteiger charge is 2.30. The second-order valence-electron chi connectivity index (χ2n) is 8.24. The third-order valence-electron chi connectivity index (χ3n) is 4.91. The Hall–Kier alpha value is -2.81. The summed E-state index contributed by atoms with van der Waals surface area (Å²) in [7, 11) is -1.08. The summed E-state index contributed by atoms with van der Waals surface area (Å²) < 4.78 is 27.3. The summed E-state index contributed by atoms with van der Waals surface area (Å²) in [6, 6.07) is 17.2. The Morgan fingerprint density at radius 3 is 2.61 bits per heavy atom. The number of hydrogen-bond donors (Lipinski definition) is 1. The Morgan fingerprint density at radius 1 is 1.21 bits per heavy atom. The summed E-state index contributed by atoms with van der Waals surface area (Å²) >= 11 is 6.38. The van der Waals surface area contributed by atoms with Crippen LogP contribution in [-0.2, 0) is 32.4 Å². The van der Waals surface area contributed by atoms with Crippen LogP contribution in [0.1, 0.15) is 25.1 Å². The molecule has 0 aliphatic heterocycles. The summed E-state index contributed by atoms with van der Waals surface area (Å²) in [6.07, 6.45) is 1.36. The van der Waals surface area contributed by atoms with Gasteiger partial charge in [-0.15, -0.1) is 0 Å². The minimum absolute atomic E-state index is 0.0783. The number of hydrogen-bond acceptors (Lipinski definition) is 5. The van der Waals surface area contributed by atoms with Crippen LogP contribution in [0.2, 0.25) is 5.02 Å². The molecule has 9 heteroatoms. The van der Waals surface area contributed by atoms with Gasteiger partial charge in [-0.25, -0.2) is 4.21 Å². The minimum atomic E-state index is -2.70. The maximum absolute atomic E-state index is 12.4. The van der Waals surface area contributed by atoms with Crippen molar-refractivity contribution in [3.8, 4) is 17.0 Å². The molecule has 0 spiro atoms. The molecule has 0 aliphatic rings. The molecule has 1 amide bonds. The zero-order valence-corrected chi connectivity index (χ0v) is 20.7. The van der Waals surface area contributed by atoms with Crippen molar-refractivity contribution in [2.24, 2.45) is 0 Å². The highest BCUT2D eigenvalue weighted by Crippen LogP contribution is 2.27. The summed E-state index contributed by atoms with van der Waals surface area (Å²) in [5, 5.41) is 5.36. The average Bonchev–Trinajstić information content (AvgIpc) is 3.15.